The number of likely N-dealkylation sites (tertiary alicyclic amines) is 1. The number of ether oxygens (including phenoxy) is 1. The van der Waals surface area contributed by atoms with Crippen LogP contribution in [0, 0.1) is 17.8 Å². The number of hydrogen-bond acceptors (Lipinski definition) is 5. The van der Waals surface area contributed by atoms with E-state index in [0.717, 1.165) is 27.8 Å². The molecule has 0 unspecified atom stereocenters. The van der Waals surface area contributed by atoms with Gasteiger partial charge in [0.15, 0.2) is 0 Å². The van der Waals surface area contributed by atoms with Crippen LogP contribution in [-0.2, 0) is 19.2 Å². The largest absolute Gasteiger partial charge is 0.426 e. The number of carbonyl (C=O) groups excluding carboxylic acids is 4. The first-order valence-electron chi connectivity index (χ1n) is 15.1. The second-order valence-electron chi connectivity index (χ2n) is 12.2. The molecule has 0 saturated carbocycles. The molecule has 7 heteroatoms. The summed E-state index contributed by atoms with van der Waals surface area (Å²) in [5.41, 5.74) is 5.99. The summed E-state index contributed by atoms with van der Waals surface area (Å²) in [6, 6.07) is 32.4. The third kappa shape index (κ3) is 3.88. The van der Waals surface area contributed by atoms with Crippen molar-refractivity contribution >= 4 is 29.4 Å². The molecule has 0 spiro atoms. The van der Waals surface area contributed by atoms with Crippen molar-refractivity contribution < 1.29 is 23.9 Å². The summed E-state index contributed by atoms with van der Waals surface area (Å²) in [4.78, 5) is 56.9. The number of amides is 3. The Morgan fingerprint density at radius 1 is 0.705 bits per heavy atom. The lowest BCUT2D eigenvalue weighted by Crippen LogP contribution is -2.41. The third-order valence-electron chi connectivity index (χ3n) is 10.0. The number of esters is 1. The van der Waals surface area contributed by atoms with E-state index >= 15 is 0 Å². The molecule has 4 atom stereocenters. The molecular weight excluding hydrogens is 552 g/mol. The molecule has 5 aliphatic rings. The van der Waals surface area contributed by atoms with Crippen molar-refractivity contribution in [2.24, 2.45) is 17.8 Å². The summed E-state index contributed by atoms with van der Waals surface area (Å²) >= 11 is 0. The maximum Gasteiger partial charge on any atom is 0.316 e. The van der Waals surface area contributed by atoms with Crippen molar-refractivity contribution in [3.05, 3.63) is 131 Å². The number of nitrogens with zero attached hydrogens (tertiary/aromatic N) is 2. The van der Waals surface area contributed by atoms with Gasteiger partial charge in [-0.15, -0.1) is 0 Å². The topological polar surface area (TPSA) is 84.0 Å². The van der Waals surface area contributed by atoms with E-state index in [1.165, 1.54) is 4.90 Å². The summed E-state index contributed by atoms with van der Waals surface area (Å²) in [5, 5.41) is 0. The first-order valence-corrected chi connectivity index (χ1v) is 15.1. The molecular formula is C37H30N2O5. The molecule has 3 amide bonds. The zero-order chi connectivity index (χ0) is 30.1. The molecule has 3 aliphatic carbocycles. The number of hydrogen-bond donors (Lipinski definition) is 0. The second-order valence-corrected chi connectivity index (χ2v) is 12.2. The molecule has 0 radical (unpaired) electrons. The Balaban J connectivity index is 1.00. The number of benzene rings is 4. The van der Waals surface area contributed by atoms with Gasteiger partial charge in [0, 0.05) is 24.8 Å². The minimum absolute atomic E-state index is 0.0792. The molecule has 44 heavy (non-hydrogen) atoms. The van der Waals surface area contributed by atoms with Crippen molar-refractivity contribution in [2.75, 3.05) is 11.4 Å². The Morgan fingerprint density at radius 3 is 1.73 bits per heavy atom. The van der Waals surface area contributed by atoms with E-state index in [1.54, 1.807) is 29.2 Å². The monoisotopic (exact) mass is 582 g/mol. The fraction of sp³-hybridized carbons (Fsp3) is 0.243. The highest BCUT2D eigenvalue weighted by Crippen LogP contribution is 2.61. The summed E-state index contributed by atoms with van der Waals surface area (Å²) < 4.78 is 5.67. The Bertz CT molecular complexity index is 1720. The van der Waals surface area contributed by atoms with Crippen LogP contribution in [0.25, 0.3) is 0 Å². The fourth-order valence-corrected chi connectivity index (χ4v) is 7.97. The highest BCUT2D eigenvalue weighted by molar-refractivity contribution is 6.23. The van der Waals surface area contributed by atoms with E-state index in [2.05, 4.69) is 24.3 Å². The zero-order valence-electron chi connectivity index (χ0n) is 24.1. The Hall–Kier alpha value is -5.04. The van der Waals surface area contributed by atoms with Crippen LogP contribution < -0.4 is 9.64 Å². The van der Waals surface area contributed by atoms with Gasteiger partial charge in [0.1, 0.15) is 5.75 Å². The lowest BCUT2D eigenvalue weighted by molar-refractivity contribution is -0.139. The quantitative estimate of drug-likeness (QED) is 0.174. The summed E-state index contributed by atoms with van der Waals surface area (Å²) in [5.74, 6) is -2.47. The van der Waals surface area contributed by atoms with Crippen LogP contribution >= 0.6 is 0 Å². The van der Waals surface area contributed by atoms with Crippen LogP contribution in [0.4, 0.5) is 5.69 Å². The predicted molar refractivity (Wildman–Crippen MR) is 163 cm³/mol. The Labute approximate surface area is 255 Å². The minimum Gasteiger partial charge on any atom is -0.426 e. The van der Waals surface area contributed by atoms with Crippen LogP contribution in [0.3, 0.4) is 0 Å². The van der Waals surface area contributed by atoms with Gasteiger partial charge in [0.2, 0.25) is 17.7 Å². The summed E-state index contributed by atoms with van der Waals surface area (Å²) in [6.07, 6.45) is 0.0980. The van der Waals surface area contributed by atoms with Crippen LogP contribution in [0.1, 0.15) is 59.0 Å². The second kappa shape index (κ2) is 10.0. The van der Waals surface area contributed by atoms with Crippen molar-refractivity contribution in [3.8, 4) is 5.75 Å². The molecule has 4 aromatic rings. The van der Waals surface area contributed by atoms with Crippen LogP contribution in [0.2, 0.25) is 0 Å². The smallest absolute Gasteiger partial charge is 0.316 e. The van der Waals surface area contributed by atoms with Gasteiger partial charge in [-0.05, 0) is 59.0 Å². The molecule has 2 heterocycles. The number of carbonyl (C=O) groups is 4. The highest BCUT2D eigenvalue weighted by atomic mass is 16.5. The predicted octanol–water partition coefficient (Wildman–Crippen LogP) is 5.60. The number of rotatable bonds is 5. The van der Waals surface area contributed by atoms with Crippen LogP contribution in [0.15, 0.2) is 103 Å². The zero-order valence-corrected chi connectivity index (χ0v) is 24.1. The molecule has 9 rings (SSSR count). The average molecular weight is 583 g/mol. The maximum absolute atomic E-state index is 14.0. The van der Waals surface area contributed by atoms with Gasteiger partial charge in [-0.1, -0.05) is 78.9 Å². The van der Waals surface area contributed by atoms with E-state index in [0.29, 0.717) is 18.0 Å². The number of anilines is 1. The maximum atomic E-state index is 14.0. The first kappa shape index (κ1) is 26.6. The molecule has 0 N–H and O–H groups in total. The van der Waals surface area contributed by atoms with Crippen molar-refractivity contribution in [2.45, 2.75) is 31.2 Å². The fourth-order valence-electron chi connectivity index (χ4n) is 7.97. The van der Waals surface area contributed by atoms with E-state index in [9.17, 15) is 19.2 Å². The molecule has 2 fully saturated rings. The van der Waals surface area contributed by atoms with Crippen LogP contribution in [-0.4, -0.2) is 35.1 Å². The van der Waals surface area contributed by atoms with Gasteiger partial charge in [-0.25, -0.2) is 4.90 Å². The average Bonchev–Trinajstić information content (AvgIpc) is 3.58. The molecule has 0 aromatic heterocycles. The van der Waals surface area contributed by atoms with E-state index in [1.807, 2.05) is 61.5 Å². The van der Waals surface area contributed by atoms with E-state index in [-0.39, 0.29) is 42.0 Å². The molecule has 7 nitrogen and oxygen atoms in total. The van der Waals surface area contributed by atoms with Gasteiger partial charge in [0.05, 0.1) is 29.5 Å². The third-order valence-corrected chi connectivity index (χ3v) is 10.0. The van der Waals surface area contributed by atoms with Crippen molar-refractivity contribution in [1.82, 2.24) is 4.90 Å². The normalized spacial score (nSPS) is 25.5. The highest BCUT2D eigenvalue weighted by Gasteiger charge is 2.61. The molecule has 2 saturated heterocycles. The van der Waals surface area contributed by atoms with Crippen LogP contribution in [0.5, 0.6) is 5.75 Å². The summed E-state index contributed by atoms with van der Waals surface area (Å²) in [6.45, 7) is 2.25. The Morgan fingerprint density at radius 2 is 1.20 bits per heavy atom. The van der Waals surface area contributed by atoms with Gasteiger partial charge in [-0.2, -0.15) is 0 Å². The van der Waals surface area contributed by atoms with E-state index in [4.69, 9.17) is 4.74 Å². The lowest BCUT2D eigenvalue weighted by Gasteiger charge is -2.45. The number of imide groups is 1. The molecule has 218 valence electrons. The Kier molecular flexibility index (Phi) is 6.05. The SMILES string of the molecule is C[C@H](c1ccccc1)N1C[C@@H](C(=O)Oc2ccc(N3C(=O)[C@@H]4C5c6ccccc6C(c6ccccc65)[C@@H]4C3=O)cc2)CC1=O. The molecule has 2 bridgehead atoms. The van der Waals surface area contributed by atoms with Gasteiger partial charge >= 0.3 is 5.97 Å². The minimum atomic E-state index is -0.572. The van der Waals surface area contributed by atoms with Gasteiger partial charge in [-0.3, -0.25) is 19.2 Å². The molecule has 2 aliphatic heterocycles. The van der Waals surface area contributed by atoms with Gasteiger partial charge in [0.25, 0.3) is 0 Å². The van der Waals surface area contributed by atoms with Gasteiger partial charge < -0.3 is 9.64 Å². The molecule has 4 aromatic carbocycles. The lowest BCUT2D eigenvalue weighted by atomic mass is 9.55. The van der Waals surface area contributed by atoms with Crippen molar-refractivity contribution in [1.29, 1.82) is 0 Å². The summed E-state index contributed by atoms with van der Waals surface area (Å²) in [7, 11) is 0. The standard InChI is InChI=1S/C37H30N2O5/c1-21(22-9-3-2-4-10-22)38-20-23(19-30(38)40)37(43)44-25-17-15-24(16-18-25)39-35(41)33-31-26-11-5-6-12-27(26)32(34(33)36(39)42)29-14-8-7-13-28(29)31/h2-18,21,23,31-34H,19-20H2,1H3/t21-,23+,31?,32?,33-,34+/m1/s1. The van der Waals surface area contributed by atoms with Crippen molar-refractivity contribution in [3.63, 3.8) is 0 Å². The van der Waals surface area contributed by atoms with E-state index < -0.39 is 23.7 Å². The first-order chi connectivity index (χ1) is 21.4.